The van der Waals surface area contributed by atoms with Gasteiger partial charge in [0.1, 0.15) is 0 Å². The van der Waals surface area contributed by atoms with Gasteiger partial charge in [0.2, 0.25) is 0 Å². The van der Waals surface area contributed by atoms with E-state index in [9.17, 15) is 0 Å². The van der Waals surface area contributed by atoms with E-state index in [1.54, 1.807) is 0 Å². The summed E-state index contributed by atoms with van der Waals surface area (Å²) in [5.41, 5.74) is 8.50. The summed E-state index contributed by atoms with van der Waals surface area (Å²) in [6, 6.07) is 19.2. The molecule has 0 aliphatic carbocycles. The Kier molecular flexibility index (Phi) is 4.85. The maximum absolute atomic E-state index is 5.89. The van der Waals surface area contributed by atoms with Crippen LogP contribution in [0.2, 0.25) is 0 Å². The number of thioether (sulfide) groups is 1. The SMILES string of the molecule is CC(N)c1cccc(SCCc2ccccc2)c1. The van der Waals surface area contributed by atoms with Crippen molar-refractivity contribution in [1.29, 1.82) is 0 Å². The predicted octanol–water partition coefficient (Wildman–Crippen LogP) is 4.04. The number of aryl methyl sites for hydroxylation is 1. The van der Waals surface area contributed by atoms with E-state index in [1.807, 2.05) is 18.7 Å². The van der Waals surface area contributed by atoms with E-state index in [2.05, 4.69) is 54.6 Å². The first-order chi connectivity index (χ1) is 8.75. The van der Waals surface area contributed by atoms with Crippen LogP contribution < -0.4 is 5.73 Å². The fourth-order valence-electron chi connectivity index (χ4n) is 1.82. The molecule has 18 heavy (non-hydrogen) atoms. The fraction of sp³-hybridized carbons (Fsp3) is 0.250. The van der Waals surface area contributed by atoms with Crippen LogP contribution in [-0.2, 0) is 6.42 Å². The molecule has 0 fully saturated rings. The number of hydrogen-bond donors (Lipinski definition) is 1. The van der Waals surface area contributed by atoms with Gasteiger partial charge in [-0.3, -0.25) is 0 Å². The standard InChI is InChI=1S/C16H19NS/c1-13(17)15-8-5-9-16(12-15)18-11-10-14-6-3-2-4-7-14/h2-9,12-13H,10-11,17H2,1H3. The molecule has 0 radical (unpaired) electrons. The van der Waals surface area contributed by atoms with Gasteiger partial charge in [-0.1, -0.05) is 42.5 Å². The summed E-state index contributed by atoms with van der Waals surface area (Å²) in [4.78, 5) is 1.31. The van der Waals surface area contributed by atoms with Crippen molar-refractivity contribution in [1.82, 2.24) is 0 Å². The lowest BCUT2D eigenvalue weighted by Crippen LogP contribution is -2.04. The van der Waals surface area contributed by atoms with Crippen molar-refractivity contribution in [2.24, 2.45) is 5.73 Å². The van der Waals surface area contributed by atoms with E-state index in [0.717, 1.165) is 12.2 Å². The third-order valence-electron chi connectivity index (χ3n) is 2.89. The van der Waals surface area contributed by atoms with Gasteiger partial charge in [-0.2, -0.15) is 0 Å². The lowest BCUT2D eigenvalue weighted by Gasteiger charge is -2.08. The quantitative estimate of drug-likeness (QED) is 0.818. The molecule has 1 unspecified atom stereocenters. The predicted molar refractivity (Wildman–Crippen MR) is 79.9 cm³/mol. The average molecular weight is 257 g/mol. The number of benzene rings is 2. The number of rotatable bonds is 5. The van der Waals surface area contributed by atoms with Crippen molar-refractivity contribution in [3.63, 3.8) is 0 Å². The summed E-state index contributed by atoms with van der Waals surface area (Å²) < 4.78 is 0. The van der Waals surface area contributed by atoms with Gasteiger partial charge >= 0.3 is 0 Å². The Labute approximate surface area is 113 Å². The maximum Gasteiger partial charge on any atom is 0.0266 e. The Morgan fingerprint density at radius 3 is 2.56 bits per heavy atom. The lowest BCUT2D eigenvalue weighted by molar-refractivity contribution is 0.815. The highest BCUT2D eigenvalue weighted by Gasteiger charge is 2.01. The Hall–Kier alpha value is -1.25. The maximum atomic E-state index is 5.89. The van der Waals surface area contributed by atoms with Crippen molar-refractivity contribution in [3.05, 3.63) is 65.7 Å². The highest BCUT2D eigenvalue weighted by atomic mass is 32.2. The molecule has 94 valence electrons. The minimum absolute atomic E-state index is 0.111. The molecule has 0 saturated carbocycles. The second-order valence-electron chi connectivity index (χ2n) is 4.45. The van der Waals surface area contributed by atoms with E-state index in [1.165, 1.54) is 16.0 Å². The highest BCUT2D eigenvalue weighted by molar-refractivity contribution is 7.99. The molecule has 0 aromatic heterocycles. The minimum atomic E-state index is 0.111. The monoisotopic (exact) mass is 257 g/mol. The first-order valence-electron chi connectivity index (χ1n) is 6.28. The zero-order valence-corrected chi connectivity index (χ0v) is 11.5. The molecule has 0 bridgehead atoms. The van der Waals surface area contributed by atoms with Gasteiger partial charge < -0.3 is 5.73 Å². The molecule has 2 heteroatoms. The van der Waals surface area contributed by atoms with Crippen LogP contribution in [-0.4, -0.2) is 5.75 Å². The zero-order chi connectivity index (χ0) is 12.8. The van der Waals surface area contributed by atoms with Gasteiger partial charge in [0.05, 0.1) is 0 Å². The summed E-state index contributed by atoms with van der Waals surface area (Å²) in [5, 5.41) is 0. The summed E-state index contributed by atoms with van der Waals surface area (Å²) in [6.45, 7) is 2.02. The molecule has 2 rings (SSSR count). The Balaban J connectivity index is 1.89. The first kappa shape index (κ1) is 13.2. The van der Waals surface area contributed by atoms with Gasteiger partial charge in [-0.25, -0.2) is 0 Å². The van der Waals surface area contributed by atoms with Crippen molar-refractivity contribution in [2.75, 3.05) is 5.75 Å². The van der Waals surface area contributed by atoms with Crippen LogP contribution in [0.25, 0.3) is 0 Å². The van der Waals surface area contributed by atoms with Crippen molar-refractivity contribution in [2.45, 2.75) is 24.3 Å². The van der Waals surface area contributed by atoms with Crippen molar-refractivity contribution in [3.8, 4) is 0 Å². The van der Waals surface area contributed by atoms with Crippen LogP contribution in [0, 0.1) is 0 Å². The molecule has 0 heterocycles. The normalized spacial score (nSPS) is 12.3. The van der Waals surface area contributed by atoms with Crippen LogP contribution in [0.3, 0.4) is 0 Å². The second-order valence-corrected chi connectivity index (χ2v) is 5.61. The number of hydrogen-bond acceptors (Lipinski definition) is 2. The van der Waals surface area contributed by atoms with Crippen LogP contribution >= 0.6 is 11.8 Å². The van der Waals surface area contributed by atoms with Gasteiger partial charge in [-0.15, -0.1) is 11.8 Å². The zero-order valence-electron chi connectivity index (χ0n) is 10.7. The Morgan fingerprint density at radius 1 is 1.06 bits per heavy atom. The second kappa shape index (κ2) is 6.62. The van der Waals surface area contributed by atoms with Crippen LogP contribution in [0.5, 0.6) is 0 Å². The van der Waals surface area contributed by atoms with E-state index in [0.29, 0.717) is 0 Å². The molecule has 1 nitrogen and oxygen atoms in total. The smallest absolute Gasteiger partial charge is 0.0266 e. The molecule has 0 aliphatic heterocycles. The van der Waals surface area contributed by atoms with Gasteiger partial charge in [0.25, 0.3) is 0 Å². The fourth-order valence-corrected chi connectivity index (χ4v) is 2.79. The third kappa shape index (κ3) is 3.90. The van der Waals surface area contributed by atoms with Crippen LogP contribution in [0.15, 0.2) is 59.5 Å². The van der Waals surface area contributed by atoms with Crippen molar-refractivity contribution < 1.29 is 0 Å². The Bertz CT molecular complexity index is 479. The molecule has 1 atom stereocenters. The van der Waals surface area contributed by atoms with E-state index < -0.39 is 0 Å². The lowest BCUT2D eigenvalue weighted by atomic mass is 10.1. The summed E-state index contributed by atoms with van der Waals surface area (Å²) >= 11 is 1.89. The van der Waals surface area contributed by atoms with E-state index in [-0.39, 0.29) is 6.04 Å². The molecule has 0 amide bonds. The van der Waals surface area contributed by atoms with E-state index >= 15 is 0 Å². The van der Waals surface area contributed by atoms with Crippen molar-refractivity contribution >= 4 is 11.8 Å². The molecular weight excluding hydrogens is 238 g/mol. The largest absolute Gasteiger partial charge is 0.324 e. The average Bonchev–Trinajstić information content (AvgIpc) is 2.40. The topological polar surface area (TPSA) is 26.0 Å². The summed E-state index contributed by atoms with van der Waals surface area (Å²) in [5.74, 6) is 1.10. The number of nitrogens with two attached hydrogens (primary N) is 1. The molecule has 2 N–H and O–H groups in total. The molecular formula is C16H19NS. The van der Waals surface area contributed by atoms with Crippen LogP contribution in [0.1, 0.15) is 24.1 Å². The Morgan fingerprint density at radius 2 is 1.83 bits per heavy atom. The van der Waals surface area contributed by atoms with Gasteiger partial charge in [0.15, 0.2) is 0 Å². The molecule has 2 aromatic rings. The van der Waals surface area contributed by atoms with Gasteiger partial charge in [0, 0.05) is 16.7 Å². The third-order valence-corrected chi connectivity index (χ3v) is 3.88. The minimum Gasteiger partial charge on any atom is -0.324 e. The molecule has 0 aliphatic rings. The summed E-state index contributed by atoms with van der Waals surface area (Å²) in [6.07, 6.45) is 1.11. The molecule has 0 saturated heterocycles. The van der Waals surface area contributed by atoms with Gasteiger partial charge in [-0.05, 0) is 36.6 Å². The first-order valence-corrected chi connectivity index (χ1v) is 7.26. The van der Waals surface area contributed by atoms with E-state index in [4.69, 9.17) is 5.73 Å². The molecule has 2 aromatic carbocycles. The molecule has 0 spiro atoms. The van der Waals surface area contributed by atoms with Crippen LogP contribution in [0.4, 0.5) is 0 Å². The summed E-state index contributed by atoms with van der Waals surface area (Å²) in [7, 11) is 0. The highest BCUT2D eigenvalue weighted by Crippen LogP contribution is 2.22.